The van der Waals surface area contributed by atoms with Crippen molar-refractivity contribution in [2.24, 2.45) is 0 Å². The van der Waals surface area contributed by atoms with Crippen LogP contribution in [-0.4, -0.2) is 57.2 Å². The predicted octanol–water partition coefficient (Wildman–Crippen LogP) is 5.37. The summed E-state index contributed by atoms with van der Waals surface area (Å²) in [5.74, 6) is 0.262. The zero-order valence-corrected chi connectivity index (χ0v) is 23.8. The number of aromatic nitrogens is 3. The van der Waals surface area contributed by atoms with Crippen molar-refractivity contribution in [2.75, 3.05) is 20.2 Å². The number of pyridine rings is 1. The summed E-state index contributed by atoms with van der Waals surface area (Å²) in [4.78, 5) is 32.7. The number of hydrogen-bond acceptors (Lipinski definition) is 5. The molecule has 1 aliphatic carbocycles. The van der Waals surface area contributed by atoms with Crippen LogP contribution in [0.5, 0.6) is 5.75 Å². The van der Waals surface area contributed by atoms with Gasteiger partial charge in [-0.25, -0.2) is 4.68 Å². The molecule has 0 radical (unpaired) electrons. The van der Waals surface area contributed by atoms with Gasteiger partial charge in [0.05, 0.1) is 18.5 Å². The van der Waals surface area contributed by atoms with E-state index in [-0.39, 0.29) is 11.8 Å². The summed E-state index contributed by atoms with van der Waals surface area (Å²) >= 11 is 12.8. The highest BCUT2D eigenvalue weighted by molar-refractivity contribution is 6.34. The van der Waals surface area contributed by atoms with Crippen molar-refractivity contribution in [2.45, 2.75) is 32.2 Å². The molecule has 2 aliphatic rings. The van der Waals surface area contributed by atoms with Gasteiger partial charge in [0.15, 0.2) is 5.69 Å². The fourth-order valence-corrected chi connectivity index (χ4v) is 6.11. The molecule has 0 atom stereocenters. The number of carbonyl (C=O) groups is 2. The summed E-state index contributed by atoms with van der Waals surface area (Å²) in [6.07, 6.45) is 4.80. The van der Waals surface area contributed by atoms with Crippen LogP contribution in [0.15, 0.2) is 54.9 Å². The third-order valence-corrected chi connectivity index (χ3v) is 8.11. The highest BCUT2D eigenvalue weighted by Gasteiger charge is 2.43. The normalized spacial score (nSPS) is 15.7. The molecule has 204 valence electrons. The second kappa shape index (κ2) is 9.94. The van der Waals surface area contributed by atoms with E-state index in [9.17, 15) is 9.59 Å². The molecular formula is C30H27Cl2N5O3. The van der Waals surface area contributed by atoms with Gasteiger partial charge in [-0.2, -0.15) is 5.10 Å². The topological polar surface area (TPSA) is 89.3 Å². The van der Waals surface area contributed by atoms with Crippen molar-refractivity contribution in [3.05, 3.63) is 81.7 Å². The Bertz CT molecular complexity index is 1650. The van der Waals surface area contributed by atoms with Crippen molar-refractivity contribution in [3.8, 4) is 33.8 Å². The number of amides is 2. The molecule has 1 N–H and O–H groups in total. The first-order valence-corrected chi connectivity index (χ1v) is 13.7. The molecule has 10 heteroatoms. The maximum absolute atomic E-state index is 14.1. The number of carbonyl (C=O) groups excluding carboxylic acids is 2. The quantitative estimate of drug-likeness (QED) is 0.353. The fraction of sp³-hybridized carbons (Fsp3) is 0.267. The summed E-state index contributed by atoms with van der Waals surface area (Å²) in [5.41, 5.74) is 5.33. The van der Waals surface area contributed by atoms with E-state index in [0.29, 0.717) is 47.4 Å². The number of nitrogens with one attached hydrogen (secondary N) is 1. The molecule has 0 saturated carbocycles. The number of piperazine rings is 1. The fourth-order valence-electron chi connectivity index (χ4n) is 5.59. The van der Waals surface area contributed by atoms with E-state index < -0.39 is 5.54 Å². The van der Waals surface area contributed by atoms with E-state index in [4.69, 9.17) is 33.0 Å². The number of rotatable bonds is 4. The first-order chi connectivity index (χ1) is 19.2. The van der Waals surface area contributed by atoms with Crippen molar-refractivity contribution < 1.29 is 14.3 Å². The molecule has 0 spiro atoms. The summed E-state index contributed by atoms with van der Waals surface area (Å²) < 4.78 is 7.52. The van der Waals surface area contributed by atoms with Gasteiger partial charge in [-0.15, -0.1) is 0 Å². The van der Waals surface area contributed by atoms with E-state index in [1.807, 2.05) is 18.2 Å². The Kier molecular flexibility index (Phi) is 6.55. The number of nitrogens with zero attached hydrogens (tertiary/aromatic N) is 4. The largest absolute Gasteiger partial charge is 0.496 e. The molecule has 1 aliphatic heterocycles. The Balaban J connectivity index is 1.59. The number of benzene rings is 2. The molecule has 1 fully saturated rings. The van der Waals surface area contributed by atoms with Crippen LogP contribution in [0, 0.1) is 0 Å². The molecule has 4 aromatic rings. The van der Waals surface area contributed by atoms with Crippen LogP contribution in [0.3, 0.4) is 0 Å². The molecule has 1 saturated heterocycles. The molecule has 3 heterocycles. The lowest BCUT2D eigenvalue weighted by molar-refractivity contribution is -0.133. The van der Waals surface area contributed by atoms with Gasteiger partial charge < -0.3 is 15.0 Å². The third-order valence-electron chi connectivity index (χ3n) is 7.67. The van der Waals surface area contributed by atoms with E-state index in [0.717, 1.165) is 39.3 Å². The average molecular weight is 576 g/mol. The molecule has 0 bridgehead atoms. The van der Waals surface area contributed by atoms with Gasteiger partial charge in [0.1, 0.15) is 11.3 Å². The number of aryl methyl sites for hydroxylation is 1. The highest BCUT2D eigenvalue weighted by atomic mass is 35.5. The van der Waals surface area contributed by atoms with Gasteiger partial charge in [-0.05, 0) is 68.7 Å². The van der Waals surface area contributed by atoms with Gasteiger partial charge in [-0.3, -0.25) is 14.6 Å². The van der Waals surface area contributed by atoms with E-state index in [1.165, 1.54) is 0 Å². The Hall–Kier alpha value is -3.88. The monoisotopic (exact) mass is 575 g/mol. The van der Waals surface area contributed by atoms with Crippen LogP contribution < -0.4 is 10.1 Å². The molecule has 2 amide bonds. The van der Waals surface area contributed by atoms with Crippen molar-refractivity contribution >= 4 is 35.0 Å². The molecule has 6 rings (SSSR count). The summed E-state index contributed by atoms with van der Waals surface area (Å²) in [5, 5.41) is 8.65. The van der Waals surface area contributed by atoms with Gasteiger partial charge in [0, 0.05) is 57.8 Å². The Morgan fingerprint density at radius 1 is 1.07 bits per heavy atom. The molecular weight excluding hydrogens is 549 g/mol. The van der Waals surface area contributed by atoms with Crippen LogP contribution in [0.4, 0.5) is 0 Å². The molecule has 0 unspecified atom stereocenters. The van der Waals surface area contributed by atoms with E-state index >= 15 is 0 Å². The predicted molar refractivity (Wildman–Crippen MR) is 154 cm³/mol. The molecule has 2 aromatic carbocycles. The number of ether oxygens (including phenoxy) is 1. The molecule has 40 heavy (non-hydrogen) atoms. The minimum absolute atomic E-state index is 0.194. The number of halogens is 2. The smallest absolute Gasteiger partial charge is 0.275 e. The zero-order valence-electron chi connectivity index (χ0n) is 22.3. The third kappa shape index (κ3) is 4.32. The van der Waals surface area contributed by atoms with Crippen LogP contribution in [0.1, 0.15) is 35.5 Å². The van der Waals surface area contributed by atoms with Gasteiger partial charge in [0.25, 0.3) is 5.91 Å². The first kappa shape index (κ1) is 26.3. The first-order valence-electron chi connectivity index (χ1n) is 13.0. The maximum Gasteiger partial charge on any atom is 0.275 e. The number of methoxy groups -OCH3 is 1. The van der Waals surface area contributed by atoms with E-state index in [1.54, 1.807) is 61.1 Å². The maximum atomic E-state index is 14.1. The average Bonchev–Trinajstić information content (AvgIpc) is 3.33. The SMILES string of the molecule is COc1cc2c(cc1-c1cccnc1)-c1c(c(C(=O)N3CCNC(=O)C3(C)C)nn1-c1cc(Cl)cc(Cl)c1)CC2. The summed E-state index contributed by atoms with van der Waals surface area (Å²) in [6, 6.07) is 13.2. The highest BCUT2D eigenvalue weighted by Crippen LogP contribution is 2.43. The zero-order chi connectivity index (χ0) is 28.2. The van der Waals surface area contributed by atoms with Crippen molar-refractivity contribution in [3.63, 3.8) is 0 Å². The lowest BCUT2D eigenvalue weighted by atomic mass is 9.86. The van der Waals surface area contributed by atoms with Gasteiger partial charge in [-0.1, -0.05) is 29.3 Å². The van der Waals surface area contributed by atoms with Crippen LogP contribution in [0.2, 0.25) is 10.0 Å². The standard InChI is InChI=1S/C30H27Cl2N5O3/c1-30(2)29(39)34-9-10-36(30)28(38)26-22-7-6-17-11-25(40-3)23(18-5-4-8-33-16-18)15-24(17)27(22)37(35-26)21-13-19(31)12-20(32)14-21/h4-5,8,11-16H,6-7,9-10H2,1-3H3,(H,34,39). The van der Waals surface area contributed by atoms with Crippen LogP contribution in [-0.2, 0) is 17.6 Å². The van der Waals surface area contributed by atoms with Gasteiger partial charge >= 0.3 is 0 Å². The second-order valence-electron chi connectivity index (χ2n) is 10.4. The van der Waals surface area contributed by atoms with Crippen LogP contribution >= 0.6 is 23.2 Å². The van der Waals surface area contributed by atoms with Gasteiger partial charge in [0.2, 0.25) is 5.91 Å². The Labute approximate surface area is 241 Å². The number of hydrogen-bond donors (Lipinski definition) is 1. The second-order valence-corrected chi connectivity index (χ2v) is 11.3. The van der Waals surface area contributed by atoms with Crippen molar-refractivity contribution in [1.82, 2.24) is 25.0 Å². The summed E-state index contributed by atoms with van der Waals surface area (Å²) in [6.45, 7) is 4.28. The van der Waals surface area contributed by atoms with Crippen molar-refractivity contribution in [1.29, 1.82) is 0 Å². The Morgan fingerprint density at radius 3 is 2.55 bits per heavy atom. The number of fused-ring (bicyclic) bond motifs is 3. The summed E-state index contributed by atoms with van der Waals surface area (Å²) in [7, 11) is 1.65. The van der Waals surface area contributed by atoms with Crippen LogP contribution in [0.25, 0.3) is 28.1 Å². The Morgan fingerprint density at radius 2 is 1.85 bits per heavy atom. The van der Waals surface area contributed by atoms with E-state index in [2.05, 4.69) is 16.4 Å². The lowest BCUT2D eigenvalue weighted by Crippen LogP contribution is -2.63. The minimum atomic E-state index is -1.02. The molecule has 2 aromatic heterocycles. The lowest BCUT2D eigenvalue weighted by Gasteiger charge is -2.40. The minimum Gasteiger partial charge on any atom is -0.496 e. The molecule has 8 nitrogen and oxygen atoms in total.